The summed E-state index contributed by atoms with van der Waals surface area (Å²) in [5.41, 5.74) is 5.62. The molecule has 110 valence electrons. The fraction of sp³-hybridized carbons (Fsp3) is 0.364. The Hall–Kier alpha value is -1.19. The van der Waals surface area contributed by atoms with Crippen molar-refractivity contribution in [2.75, 3.05) is 12.3 Å². The molecule has 0 aliphatic carbocycles. The lowest BCUT2D eigenvalue weighted by molar-refractivity contribution is -0.124. The average molecular weight is 366 g/mol. The fourth-order valence-corrected chi connectivity index (χ4v) is 3.89. The Kier molecular flexibility index (Phi) is 4.31. The highest BCUT2D eigenvalue weighted by molar-refractivity contribution is 9.10. The van der Waals surface area contributed by atoms with Crippen molar-refractivity contribution in [3.63, 3.8) is 0 Å². The minimum atomic E-state index is -4.16. The van der Waals surface area contributed by atoms with Gasteiger partial charge in [-0.25, -0.2) is 12.8 Å². The molecule has 1 unspecified atom stereocenters. The van der Waals surface area contributed by atoms with E-state index >= 15 is 0 Å². The molecular weight excluding hydrogens is 353 g/mol. The maximum atomic E-state index is 13.9. The monoisotopic (exact) mass is 365 g/mol. The molecule has 4 N–H and O–H groups in total. The molecule has 0 aromatic heterocycles. The van der Waals surface area contributed by atoms with Crippen LogP contribution in [0.3, 0.4) is 0 Å². The molecule has 0 spiro atoms. The summed E-state index contributed by atoms with van der Waals surface area (Å²) in [4.78, 5) is 11.0. The third-order valence-corrected chi connectivity index (χ3v) is 4.94. The van der Waals surface area contributed by atoms with Crippen LogP contribution < -0.4 is 15.8 Å². The average Bonchev–Trinajstić information content (AvgIpc) is 2.36. The minimum absolute atomic E-state index is 0.0500. The molecule has 6 nitrogen and oxygen atoms in total. The number of nitrogens with one attached hydrogen (secondary N) is 2. The Labute approximate surface area is 124 Å². The van der Waals surface area contributed by atoms with Gasteiger partial charge in [0.1, 0.15) is 10.9 Å². The first-order valence-corrected chi connectivity index (χ1v) is 8.13. The summed E-state index contributed by atoms with van der Waals surface area (Å²) in [7, 11) is -4.16. The lowest BCUT2D eigenvalue weighted by Gasteiger charge is -2.22. The van der Waals surface area contributed by atoms with Crippen molar-refractivity contribution in [2.45, 2.75) is 23.8 Å². The predicted octanol–water partition coefficient (Wildman–Crippen LogP) is 0.727. The van der Waals surface area contributed by atoms with Crippen LogP contribution in [0.2, 0.25) is 0 Å². The molecule has 1 aromatic carbocycles. The van der Waals surface area contributed by atoms with Crippen LogP contribution in [0, 0.1) is 5.82 Å². The number of amides is 1. The van der Waals surface area contributed by atoms with Gasteiger partial charge < -0.3 is 11.1 Å². The van der Waals surface area contributed by atoms with Gasteiger partial charge in [-0.1, -0.05) is 0 Å². The van der Waals surface area contributed by atoms with Crippen LogP contribution in [0.4, 0.5) is 10.1 Å². The topological polar surface area (TPSA) is 101 Å². The number of carbonyl (C=O) groups is 1. The summed E-state index contributed by atoms with van der Waals surface area (Å²) in [6.07, 6.45) is 1.03. The summed E-state index contributed by atoms with van der Waals surface area (Å²) in [5, 5.41) is 2.55. The van der Waals surface area contributed by atoms with E-state index in [-0.39, 0.29) is 10.2 Å². The summed E-state index contributed by atoms with van der Waals surface area (Å²) >= 11 is 2.90. The minimum Gasteiger partial charge on any atom is -0.399 e. The van der Waals surface area contributed by atoms with E-state index in [9.17, 15) is 17.6 Å². The van der Waals surface area contributed by atoms with Crippen molar-refractivity contribution in [1.82, 2.24) is 10.0 Å². The molecule has 0 saturated carbocycles. The molecule has 0 radical (unpaired) electrons. The molecule has 0 bridgehead atoms. The van der Waals surface area contributed by atoms with E-state index in [1.165, 1.54) is 6.07 Å². The molecule has 1 fully saturated rings. The lowest BCUT2D eigenvalue weighted by atomic mass is 10.1. The molecule has 20 heavy (non-hydrogen) atoms. The number of halogens is 2. The van der Waals surface area contributed by atoms with Crippen molar-refractivity contribution in [2.24, 2.45) is 0 Å². The number of rotatable bonds is 3. The molecule has 1 aliphatic rings. The van der Waals surface area contributed by atoms with Gasteiger partial charge in [0.15, 0.2) is 5.82 Å². The molecule has 9 heteroatoms. The number of hydrogen-bond acceptors (Lipinski definition) is 4. The van der Waals surface area contributed by atoms with Gasteiger partial charge in [0, 0.05) is 12.2 Å². The second-order valence-corrected chi connectivity index (χ2v) is 6.96. The molecular formula is C11H13BrFN3O3S. The number of carbonyl (C=O) groups excluding carboxylic acids is 1. The first-order chi connectivity index (χ1) is 9.31. The van der Waals surface area contributed by atoms with Crippen molar-refractivity contribution >= 4 is 37.5 Å². The number of nitrogen functional groups attached to an aromatic ring is 1. The maximum absolute atomic E-state index is 13.9. The lowest BCUT2D eigenvalue weighted by Crippen LogP contribution is -2.50. The van der Waals surface area contributed by atoms with Crippen LogP contribution in [-0.4, -0.2) is 26.9 Å². The van der Waals surface area contributed by atoms with E-state index in [1.807, 2.05) is 0 Å². The van der Waals surface area contributed by atoms with E-state index in [2.05, 4.69) is 26.0 Å². The van der Waals surface area contributed by atoms with Gasteiger partial charge in [-0.15, -0.1) is 0 Å². The van der Waals surface area contributed by atoms with Crippen LogP contribution in [-0.2, 0) is 14.8 Å². The van der Waals surface area contributed by atoms with E-state index < -0.39 is 32.7 Å². The highest BCUT2D eigenvalue weighted by Crippen LogP contribution is 2.26. The number of piperidine rings is 1. The second-order valence-electron chi connectivity index (χ2n) is 4.42. The van der Waals surface area contributed by atoms with Crippen molar-refractivity contribution in [3.8, 4) is 0 Å². The predicted molar refractivity (Wildman–Crippen MR) is 74.9 cm³/mol. The Bertz CT molecular complexity index is 651. The summed E-state index contributed by atoms with van der Waals surface area (Å²) < 4.78 is 40.4. The Morgan fingerprint density at radius 3 is 2.80 bits per heavy atom. The van der Waals surface area contributed by atoms with Gasteiger partial charge in [-0.05, 0) is 40.9 Å². The third-order valence-electron chi connectivity index (χ3n) is 2.89. The van der Waals surface area contributed by atoms with Gasteiger partial charge in [-0.2, -0.15) is 4.72 Å². The first kappa shape index (κ1) is 15.2. The molecule has 1 heterocycles. The number of hydrogen-bond donors (Lipinski definition) is 3. The third kappa shape index (κ3) is 3.10. The van der Waals surface area contributed by atoms with E-state index in [1.54, 1.807) is 0 Å². The SMILES string of the molecule is Nc1cc(Br)c(F)c(S(=O)(=O)NC2CCCNC2=O)c1. The molecule has 1 aliphatic heterocycles. The van der Waals surface area contributed by atoms with E-state index in [4.69, 9.17) is 5.73 Å². The number of benzene rings is 1. The number of sulfonamides is 1. The van der Waals surface area contributed by atoms with Gasteiger partial charge in [-0.3, -0.25) is 4.79 Å². The van der Waals surface area contributed by atoms with Crippen molar-refractivity contribution in [1.29, 1.82) is 0 Å². The molecule has 1 saturated heterocycles. The maximum Gasteiger partial charge on any atom is 0.244 e. The summed E-state index contributed by atoms with van der Waals surface area (Å²) in [6.45, 7) is 0.509. The van der Waals surface area contributed by atoms with Crippen LogP contribution in [0.1, 0.15) is 12.8 Å². The molecule has 1 atom stereocenters. The summed E-state index contributed by atoms with van der Waals surface area (Å²) in [6, 6.07) is 1.39. The highest BCUT2D eigenvalue weighted by Gasteiger charge is 2.30. The van der Waals surface area contributed by atoms with Gasteiger partial charge in [0.2, 0.25) is 15.9 Å². The Morgan fingerprint density at radius 2 is 2.15 bits per heavy atom. The number of nitrogens with two attached hydrogens (primary N) is 1. The van der Waals surface area contributed by atoms with Crippen LogP contribution in [0.15, 0.2) is 21.5 Å². The fourth-order valence-electron chi connectivity index (χ4n) is 1.91. The smallest absolute Gasteiger partial charge is 0.244 e. The van der Waals surface area contributed by atoms with Crippen LogP contribution in [0.5, 0.6) is 0 Å². The normalized spacial score (nSPS) is 19.7. The van der Waals surface area contributed by atoms with Crippen molar-refractivity contribution < 1.29 is 17.6 Å². The number of anilines is 1. The molecule has 1 amide bonds. The highest BCUT2D eigenvalue weighted by atomic mass is 79.9. The zero-order valence-corrected chi connectivity index (χ0v) is 12.7. The van der Waals surface area contributed by atoms with E-state index in [0.29, 0.717) is 19.4 Å². The first-order valence-electron chi connectivity index (χ1n) is 5.86. The van der Waals surface area contributed by atoms with Crippen LogP contribution in [0.25, 0.3) is 0 Å². The quantitative estimate of drug-likeness (QED) is 0.687. The van der Waals surface area contributed by atoms with Gasteiger partial charge >= 0.3 is 0 Å². The zero-order valence-electron chi connectivity index (χ0n) is 10.3. The molecule has 2 rings (SSSR count). The van der Waals surface area contributed by atoms with Gasteiger partial charge in [0.25, 0.3) is 0 Å². The van der Waals surface area contributed by atoms with Crippen LogP contribution >= 0.6 is 15.9 Å². The Morgan fingerprint density at radius 1 is 1.45 bits per heavy atom. The van der Waals surface area contributed by atoms with Gasteiger partial charge in [0.05, 0.1) is 4.47 Å². The molecule has 1 aromatic rings. The zero-order chi connectivity index (χ0) is 14.9. The van der Waals surface area contributed by atoms with E-state index in [0.717, 1.165) is 6.07 Å². The summed E-state index contributed by atoms with van der Waals surface area (Å²) in [5.74, 6) is -1.36. The largest absolute Gasteiger partial charge is 0.399 e. The second kappa shape index (κ2) is 5.66. The standard InChI is InChI=1S/C11H13BrFN3O3S/c12-7-4-6(14)5-9(10(7)13)20(18,19)16-8-2-1-3-15-11(8)17/h4-5,8,16H,1-3,14H2,(H,15,17). The van der Waals surface area contributed by atoms with Crippen molar-refractivity contribution in [3.05, 3.63) is 22.4 Å². The Balaban J connectivity index is 2.33.